The van der Waals surface area contributed by atoms with Crippen molar-refractivity contribution in [3.05, 3.63) is 65.9 Å². The summed E-state index contributed by atoms with van der Waals surface area (Å²) < 4.78 is 52.0. The number of amides is 1. The fourth-order valence-electron chi connectivity index (χ4n) is 4.61. The van der Waals surface area contributed by atoms with E-state index < -0.39 is 17.6 Å². The van der Waals surface area contributed by atoms with Crippen LogP contribution in [0.25, 0.3) is 22.0 Å². The Morgan fingerprint density at radius 1 is 0.976 bits per heavy atom. The second-order valence-corrected chi connectivity index (χ2v) is 10.0. The van der Waals surface area contributed by atoms with Crippen molar-refractivity contribution in [1.82, 2.24) is 14.9 Å². The maximum atomic E-state index is 13.7. The summed E-state index contributed by atoms with van der Waals surface area (Å²) in [4.78, 5) is 25.8. The van der Waals surface area contributed by atoms with Crippen molar-refractivity contribution >= 4 is 34.1 Å². The zero-order chi connectivity index (χ0) is 30.6. The number of nitrogens with two attached hydrogens (primary N) is 1. The predicted molar refractivity (Wildman–Crippen MR) is 158 cm³/mol. The number of nitrogen functional groups attached to an aromatic ring is 1. The molecular formula is C30H33F3N6O3. The lowest BCUT2D eigenvalue weighted by Crippen LogP contribution is -2.25. The van der Waals surface area contributed by atoms with Gasteiger partial charge in [0.2, 0.25) is 5.95 Å². The number of rotatable bonds is 10. The van der Waals surface area contributed by atoms with Crippen molar-refractivity contribution in [2.75, 3.05) is 64.4 Å². The molecule has 0 aliphatic heterocycles. The van der Waals surface area contributed by atoms with Gasteiger partial charge in [0, 0.05) is 25.2 Å². The van der Waals surface area contributed by atoms with E-state index in [9.17, 15) is 18.0 Å². The molecule has 0 fully saturated rings. The molecule has 0 radical (unpaired) electrons. The first-order chi connectivity index (χ1) is 19.9. The minimum atomic E-state index is -4.59. The number of benzene rings is 3. The lowest BCUT2D eigenvalue weighted by Gasteiger charge is -2.25. The van der Waals surface area contributed by atoms with Gasteiger partial charge in [-0.05, 0) is 80.7 Å². The third-order valence-electron chi connectivity index (χ3n) is 6.74. The molecule has 1 amide bonds. The van der Waals surface area contributed by atoms with Crippen LogP contribution in [0.2, 0.25) is 0 Å². The summed E-state index contributed by atoms with van der Waals surface area (Å²) in [6, 6.07) is 12.1. The fraction of sp³-hybridized carbons (Fsp3) is 0.300. The van der Waals surface area contributed by atoms with E-state index in [-0.39, 0.29) is 28.7 Å². The number of ether oxygens (including phenoxy) is 2. The van der Waals surface area contributed by atoms with Crippen LogP contribution in [0.3, 0.4) is 0 Å². The summed E-state index contributed by atoms with van der Waals surface area (Å²) >= 11 is 0. The predicted octanol–water partition coefficient (Wildman–Crippen LogP) is 5.56. The average Bonchev–Trinajstić information content (AvgIpc) is 2.95. The minimum absolute atomic E-state index is 0.0223. The zero-order valence-electron chi connectivity index (χ0n) is 24.0. The summed E-state index contributed by atoms with van der Waals surface area (Å²) in [5, 5.41) is 3.43. The van der Waals surface area contributed by atoms with Gasteiger partial charge in [0.1, 0.15) is 0 Å². The lowest BCUT2D eigenvalue weighted by atomic mass is 9.99. The summed E-state index contributed by atoms with van der Waals surface area (Å²) in [6.45, 7) is 1.36. The molecule has 42 heavy (non-hydrogen) atoms. The number of carbonyl (C=O) groups excluding carboxylic acids is 1. The van der Waals surface area contributed by atoms with E-state index in [0.29, 0.717) is 23.3 Å². The highest BCUT2D eigenvalue weighted by Crippen LogP contribution is 2.39. The third kappa shape index (κ3) is 6.82. The molecule has 222 valence electrons. The highest BCUT2D eigenvalue weighted by Gasteiger charge is 2.32. The highest BCUT2D eigenvalue weighted by molar-refractivity contribution is 6.09. The van der Waals surface area contributed by atoms with Crippen LogP contribution in [0.1, 0.15) is 22.3 Å². The summed E-state index contributed by atoms with van der Waals surface area (Å²) in [5.41, 5.74) is 7.36. The maximum Gasteiger partial charge on any atom is 0.416 e. The Hall–Kier alpha value is -4.58. The van der Waals surface area contributed by atoms with Crippen molar-refractivity contribution in [1.29, 1.82) is 0 Å². The van der Waals surface area contributed by atoms with Crippen molar-refractivity contribution in [3.8, 4) is 22.6 Å². The topological polar surface area (TPSA) is 106 Å². The van der Waals surface area contributed by atoms with Crippen LogP contribution in [0, 0.1) is 0 Å². The first-order valence-corrected chi connectivity index (χ1v) is 13.1. The minimum Gasteiger partial charge on any atom is -0.493 e. The normalized spacial score (nSPS) is 11.5. The molecular weight excluding hydrogens is 549 g/mol. The maximum absolute atomic E-state index is 13.7. The van der Waals surface area contributed by atoms with Crippen LogP contribution in [0.5, 0.6) is 11.5 Å². The number of aromatic nitrogens is 2. The Bertz CT molecular complexity index is 1590. The molecule has 9 nitrogen and oxygen atoms in total. The summed E-state index contributed by atoms with van der Waals surface area (Å²) in [5.74, 6) is -0.0915. The quantitative estimate of drug-likeness (QED) is 0.251. The van der Waals surface area contributed by atoms with E-state index in [1.165, 1.54) is 20.3 Å². The van der Waals surface area contributed by atoms with Crippen LogP contribution < -0.4 is 25.4 Å². The van der Waals surface area contributed by atoms with Gasteiger partial charge in [0.05, 0.1) is 42.2 Å². The van der Waals surface area contributed by atoms with Gasteiger partial charge in [0.25, 0.3) is 5.91 Å². The zero-order valence-corrected chi connectivity index (χ0v) is 24.0. The highest BCUT2D eigenvalue weighted by atomic mass is 19.4. The Balaban J connectivity index is 1.75. The van der Waals surface area contributed by atoms with Crippen LogP contribution in [0.15, 0.2) is 54.7 Å². The molecule has 0 saturated heterocycles. The van der Waals surface area contributed by atoms with Gasteiger partial charge < -0.3 is 30.3 Å². The second kappa shape index (κ2) is 12.5. The Labute approximate surface area is 242 Å². The fourth-order valence-corrected chi connectivity index (χ4v) is 4.61. The Morgan fingerprint density at radius 3 is 2.40 bits per heavy atom. The number of hydrogen-bond acceptors (Lipinski definition) is 8. The largest absolute Gasteiger partial charge is 0.493 e. The summed E-state index contributed by atoms with van der Waals surface area (Å²) in [6.07, 6.45) is -2.22. The third-order valence-corrected chi connectivity index (χ3v) is 6.74. The molecule has 1 heterocycles. The van der Waals surface area contributed by atoms with Crippen molar-refractivity contribution in [2.45, 2.75) is 12.6 Å². The van der Waals surface area contributed by atoms with E-state index in [0.717, 1.165) is 36.0 Å². The van der Waals surface area contributed by atoms with Crippen molar-refractivity contribution in [3.63, 3.8) is 0 Å². The molecule has 12 heteroatoms. The van der Waals surface area contributed by atoms with Crippen molar-refractivity contribution in [2.24, 2.45) is 0 Å². The molecule has 0 unspecified atom stereocenters. The van der Waals surface area contributed by atoms with Gasteiger partial charge in [-0.1, -0.05) is 6.07 Å². The molecule has 0 atom stereocenters. The van der Waals surface area contributed by atoms with E-state index in [1.54, 1.807) is 31.4 Å². The standard InChI is InChI=1S/C30H33F3N6O3/c1-38(2)11-6-12-39(3)25-10-8-21(30(31,32)33)16-24(25)36-28(40)22-14-19(15-26(41-4)27(22)42-5)18-7-9-23-20(13-18)17-35-29(34)37-23/h7-10,13-17H,6,11-12H2,1-5H3,(H,36,40)(H2,34,35,37). The Morgan fingerprint density at radius 2 is 1.74 bits per heavy atom. The van der Waals surface area contributed by atoms with Crippen LogP contribution >= 0.6 is 0 Å². The molecule has 4 rings (SSSR count). The Kier molecular flexibility index (Phi) is 9.05. The number of hydrogen-bond donors (Lipinski definition) is 2. The number of methoxy groups -OCH3 is 2. The molecule has 0 bridgehead atoms. The van der Waals surface area contributed by atoms with Gasteiger partial charge in [-0.3, -0.25) is 4.79 Å². The number of carbonyl (C=O) groups is 1. The smallest absolute Gasteiger partial charge is 0.416 e. The van der Waals surface area contributed by atoms with Gasteiger partial charge >= 0.3 is 6.18 Å². The molecule has 3 aromatic carbocycles. The van der Waals surface area contributed by atoms with E-state index >= 15 is 0 Å². The lowest BCUT2D eigenvalue weighted by molar-refractivity contribution is -0.137. The van der Waals surface area contributed by atoms with Crippen LogP contribution in [0.4, 0.5) is 30.5 Å². The van der Waals surface area contributed by atoms with E-state index in [2.05, 4.69) is 15.3 Å². The number of alkyl halides is 3. The molecule has 1 aromatic heterocycles. The summed E-state index contributed by atoms with van der Waals surface area (Å²) in [7, 11) is 8.49. The number of nitrogens with one attached hydrogen (secondary N) is 1. The van der Waals surface area contributed by atoms with Gasteiger partial charge in [-0.15, -0.1) is 0 Å². The number of anilines is 3. The molecule has 0 spiro atoms. The van der Waals surface area contributed by atoms with Gasteiger partial charge in [-0.25, -0.2) is 9.97 Å². The number of halogens is 3. The van der Waals surface area contributed by atoms with Crippen LogP contribution in [-0.4, -0.2) is 69.2 Å². The number of fused-ring (bicyclic) bond motifs is 1. The molecule has 0 saturated carbocycles. The number of nitrogens with zero attached hydrogens (tertiary/aromatic N) is 4. The first kappa shape index (κ1) is 30.4. The van der Waals surface area contributed by atoms with Gasteiger partial charge in [0.15, 0.2) is 11.5 Å². The molecule has 0 aliphatic rings. The molecule has 4 aromatic rings. The molecule has 3 N–H and O–H groups in total. The van der Waals surface area contributed by atoms with Crippen molar-refractivity contribution < 1.29 is 27.4 Å². The van der Waals surface area contributed by atoms with Gasteiger partial charge in [-0.2, -0.15) is 13.2 Å². The molecule has 0 aliphatic carbocycles. The first-order valence-electron chi connectivity index (χ1n) is 13.1. The van der Waals surface area contributed by atoms with E-state index in [4.69, 9.17) is 15.2 Å². The average molecular weight is 583 g/mol. The SMILES string of the molecule is COc1cc(-c2ccc3nc(N)ncc3c2)cc(C(=O)Nc2cc(C(F)(F)F)ccc2N(C)CCCN(C)C)c1OC. The van der Waals surface area contributed by atoms with Crippen LogP contribution in [-0.2, 0) is 6.18 Å². The monoisotopic (exact) mass is 582 g/mol. The van der Waals surface area contributed by atoms with E-state index in [1.807, 2.05) is 36.0 Å². The second-order valence-electron chi connectivity index (χ2n) is 10.0.